The normalized spacial score (nSPS) is 10.2. The third-order valence-corrected chi connectivity index (χ3v) is 3.73. The zero-order chi connectivity index (χ0) is 14.0. The average molecular weight is 296 g/mol. The molecule has 0 aliphatic carbocycles. The van der Waals surface area contributed by atoms with Gasteiger partial charge in [0.1, 0.15) is 0 Å². The van der Waals surface area contributed by atoms with Crippen molar-refractivity contribution in [2.24, 2.45) is 0 Å². The summed E-state index contributed by atoms with van der Waals surface area (Å²) in [6.45, 7) is 1.85. The molecule has 0 aliphatic heterocycles. The number of anilines is 1. The van der Waals surface area contributed by atoms with Crippen molar-refractivity contribution >= 4 is 40.5 Å². The molecule has 1 aromatic heterocycles. The van der Waals surface area contributed by atoms with Gasteiger partial charge in [0.15, 0.2) is 0 Å². The van der Waals surface area contributed by atoms with E-state index in [4.69, 9.17) is 16.7 Å². The molecule has 0 spiro atoms. The van der Waals surface area contributed by atoms with Crippen molar-refractivity contribution in [1.29, 1.82) is 0 Å². The molecule has 0 radical (unpaired) electrons. The minimum absolute atomic E-state index is 0.00591. The molecule has 0 atom stereocenters. The first-order chi connectivity index (χ1) is 8.99. The van der Waals surface area contributed by atoms with Crippen molar-refractivity contribution in [3.8, 4) is 0 Å². The van der Waals surface area contributed by atoms with E-state index in [1.165, 1.54) is 29.5 Å². The summed E-state index contributed by atoms with van der Waals surface area (Å²) in [7, 11) is 0. The van der Waals surface area contributed by atoms with Gasteiger partial charge < -0.3 is 10.4 Å². The number of hydrogen-bond acceptors (Lipinski definition) is 3. The molecule has 2 N–H and O–H groups in total. The standard InChI is InChI=1S/C13H10ClNO3S/c1-7-5-19-6-10(7)12(16)15-8-2-3-9(13(17)18)11(14)4-8/h2-6H,1H3,(H,15,16)(H,17,18). The van der Waals surface area contributed by atoms with Crippen LogP contribution in [0.1, 0.15) is 26.3 Å². The van der Waals surface area contributed by atoms with Crippen molar-refractivity contribution in [1.82, 2.24) is 0 Å². The minimum atomic E-state index is -1.10. The Hall–Kier alpha value is -1.85. The van der Waals surface area contributed by atoms with E-state index in [2.05, 4.69) is 5.32 Å². The number of carbonyl (C=O) groups excluding carboxylic acids is 1. The van der Waals surface area contributed by atoms with Crippen LogP contribution in [-0.2, 0) is 0 Å². The first kappa shape index (κ1) is 13.6. The number of carboxylic acids is 1. The number of aryl methyl sites for hydroxylation is 1. The smallest absolute Gasteiger partial charge is 0.337 e. The molecule has 1 aromatic carbocycles. The van der Waals surface area contributed by atoms with E-state index in [1.807, 2.05) is 12.3 Å². The number of aromatic carboxylic acids is 1. The van der Waals surface area contributed by atoms with Crippen molar-refractivity contribution in [3.05, 3.63) is 50.7 Å². The number of carbonyl (C=O) groups is 2. The van der Waals surface area contributed by atoms with Gasteiger partial charge in [0.2, 0.25) is 0 Å². The van der Waals surface area contributed by atoms with Gasteiger partial charge in [-0.25, -0.2) is 4.79 Å². The van der Waals surface area contributed by atoms with Crippen molar-refractivity contribution in [2.45, 2.75) is 6.92 Å². The fourth-order valence-electron chi connectivity index (χ4n) is 1.56. The average Bonchev–Trinajstić information content (AvgIpc) is 2.75. The van der Waals surface area contributed by atoms with Crippen molar-refractivity contribution in [3.63, 3.8) is 0 Å². The zero-order valence-corrected chi connectivity index (χ0v) is 11.5. The van der Waals surface area contributed by atoms with Crippen LogP contribution in [0, 0.1) is 6.92 Å². The number of amides is 1. The second-order valence-electron chi connectivity index (χ2n) is 3.92. The van der Waals surface area contributed by atoms with Gasteiger partial charge >= 0.3 is 5.97 Å². The van der Waals surface area contributed by atoms with E-state index < -0.39 is 5.97 Å². The molecule has 1 heterocycles. The van der Waals surface area contributed by atoms with Gasteiger partial charge in [-0.15, -0.1) is 0 Å². The molecule has 4 nitrogen and oxygen atoms in total. The second-order valence-corrected chi connectivity index (χ2v) is 5.07. The Kier molecular flexibility index (Phi) is 3.87. The first-order valence-electron chi connectivity index (χ1n) is 5.36. The molecule has 2 aromatic rings. The predicted molar refractivity (Wildman–Crippen MR) is 75.4 cm³/mol. The van der Waals surface area contributed by atoms with Gasteiger partial charge in [0.05, 0.1) is 16.1 Å². The second kappa shape index (κ2) is 5.42. The maximum Gasteiger partial charge on any atom is 0.337 e. The van der Waals surface area contributed by atoms with Gasteiger partial charge in [-0.05, 0) is 36.1 Å². The molecule has 0 aliphatic rings. The summed E-state index contributed by atoms with van der Waals surface area (Å²) >= 11 is 7.28. The van der Waals surface area contributed by atoms with Crippen LogP contribution in [0.15, 0.2) is 29.0 Å². The maximum absolute atomic E-state index is 12.0. The van der Waals surface area contributed by atoms with E-state index in [-0.39, 0.29) is 16.5 Å². The van der Waals surface area contributed by atoms with Crippen LogP contribution in [0.25, 0.3) is 0 Å². The Morgan fingerprint density at radius 2 is 2.00 bits per heavy atom. The maximum atomic E-state index is 12.0. The lowest BCUT2D eigenvalue weighted by Gasteiger charge is -2.06. The Labute approximate surface area is 118 Å². The monoisotopic (exact) mass is 295 g/mol. The fraction of sp³-hybridized carbons (Fsp3) is 0.0769. The number of hydrogen-bond donors (Lipinski definition) is 2. The molecular formula is C13H10ClNO3S. The summed E-state index contributed by atoms with van der Waals surface area (Å²) in [5.41, 5.74) is 1.97. The summed E-state index contributed by atoms with van der Waals surface area (Å²) in [4.78, 5) is 22.8. The van der Waals surface area contributed by atoms with Gasteiger partial charge in [-0.1, -0.05) is 11.6 Å². The van der Waals surface area contributed by atoms with E-state index in [0.717, 1.165) is 5.56 Å². The molecule has 1 amide bonds. The molecule has 2 rings (SSSR count). The van der Waals surface area contributed by atoms with Crippen LogP contribution in [0.3, 0.4) is 0 Å². The van der Waals surface area contributed by atoms with E-state index >= 15 is 0 Å². The highest BCUT2D eigenvalue weighted by Gasteiger charge is 2.12. The van der Waals surface area contributed by atoms with Gasteiger partial charge in [0.25, 0.3) is 5.91 Å². The van der Waals surface area contributed by atoms with Gasteiger partial charge in [-0.2, -0.15) is 11.3 Å². The first-order valence-corrected chi connectivity index (χ1v) is 6.68. The Balaban J connectivity index is 2.21. The highest BCUT2D eigenvalue weighted by Crippen LogP contribution is 2.22. The Bertz CT molecular complexity index is 651. The largest absolute Gasteiger partial charge is 0.478 e. The topological polar surface area (TPSA) is 66.4 Å². The fourth-order valence-corrected chi connectivity index (χ4v) is 2.65. The molecule has 0 saturated carbocycles. The number of halogens is 1. The van der Waals surface area contributed by atoms with Crippen LogP contribution >= 0.6 is 22.9 Å². The van der Waals surface area contributed by atoms with Crippen LogP contribution in [-0.4, -0.2) is 17.0 Å². The number of carboxylic acid groups (broad SMARTS) is 1. The Morgan fingerprint density at radius 1 is 1.26 bits per heavy atom. The molecule has 98 valence electrons. The molecule has 19 heavy (non-hydrogen) atoms. The highest BCUT2D eigenvalue weighted by molar-refractivity contribution is 7.08. The van der Waals surface area contributed by atoms with Gasteiger partial charge in [0, 0.05) is 11.1 Å². The predicted octanol–water partition coefficient (Wildman–Crippen LogP) is 3.66. The zero-order valence-electron chi connectivity index (χ0n) is 9.94. The summed E-state index contributed by atoms with van der Waals surface area (Å²) in [5.74, 6) is -1.34. The highest BCUT2D eigenvalue weighted by atomic mass is 35.5. The molecule has 0 fully saturated rings. The summed E-state index contributed by atoms with van der Waals surface area (Å²) < 4.78 is 0. The SMILES string of the molecule is Cc1cscc1C(=O)Nc1ccc(C(=O)O)c(Cl)c1. The van der Waals surface area contributed by atoms with Crippen LogP contribution in [0.4, 0.5) is 5.69 Å². The third kappa shape index (κ3) is 2.94. The van der Waals surface area contributed by atoms with Crippen molar-refractivity contribution < 1.29 is 14.7 Å². The Morgan fingerprint density at radius 3 is 2.53 bits per heavy atom. The van der Waals surface area contributed by atoms with Crippen LogP contribution < -0.4 is 5.32 Å². The van der Waals surface area contributed by atoms with E-state index in [9.17, 15) is 9.59 Å². The van der Waals surface area contributed by atoms with Crippen LogP contribution in [0.2, 0.25) is 5.02 Å². The lowest BCUT2D eigenvalue weighted by atomic mass is 10.2. The molecular weight excluding hydrogens is 286 g/mol. The third-order valence-electron chi connectivity index (χ3n) is 2.56. The summed E-state index contributed by atoms with van der Waals surface area (Å²) in [6, 6.07) is 4.29. The summed E-state index contributed by atoms with van der Waals surface area (Å²) in [6.07, 6.45) is 0. The molecule has 0 bridgehead atoms. The molecule has 6 heteroatoms. The molecule has 0 saturated heterocycles. The number of benzene rings is 1. The minimum Gasteiger partial charge on any atom is -0.478 e. The number of rotatable bonds is 3. The molecule has 0 unspecified atom stereocenters. The van der Waals surface area contributed by atoms with Crippen LogP contribution in [0.5, 0.6) is 0 Å². The van der Waals surface area contributed by atoms with E-state index in [1.54, 1.807) is 5.38 Å². The number of thiophene rings is 1. The van der Waals surface area contributed by atoms with Crippen molar-refractivity contribution in [2.75, 3.05) is 5.32 Å². The summed E-state index contributed by atoms with van der Waals surface area (Å²) in [5, 5.41) is 15.3. The quantitative estimate of drug-likeness (QED) is 0.908. The lowest BCUT2D eigenvalue weighted by Crippen LogP contribution is -2.12. The van der Waals surface area contributed by atoms with E-state index in [0.29, 0.717) is 11.3 Å². The lowest BCUT2D eigenvalue weighted by molar-refractivity contribution is 0.0697. The van der Waals surface area contributed by atoms with Gasteiger partial charge in [-0.3, -0.25) is 4.79 Å². The number of nitrogens with one attached hydrogen (secondary N) is 1.